The van der Waals surface area contributed by atoms with E-state index in [0.717, 1.165) is 12.1 Å². The molecule has 5 rings (SSSR count). The van der Waals surface area contributed by atoms with Crippen molar-refractivity contribution in [2.45, 2.75) is 13.0 Å². The Balaban J connectivity index is 1.86. The Bertz CT molecular complexity index is 1400. The summed E-state index contributed by atoms with van der Waals surface area (Å²) in [5.41, 5.74) is 0.236. The van der Waals surface area contributed by atoms with Gasteiger partial charge in [0.05, 0.1) is 17.0 Å². The molecule has 0 N–H and O–H groups in total. The summed E-state index contributed by atoms with van der Waals surface area (Å²) in [6.45, 7) is 1.76. The number of rotatable bonds is 2. The van der Waals surface area contributed by atoms with Crippen LogP contribution in [-0.2, 0) is 0 Å². The van der Waals surface area contributed by atoms with Crippen LogP contribution < -0.4 is 10.3 Å². The van der Waals surface area contributed by atoms with Crippen molar-refractivity contribution < 1.29 is 18.0 Å². The van der Waals surface area contributed by atoms with E-state index in [1.165, 1.54) is 29.2 Å². The van der Waals surface area contributed by atoms with Crippen LogP contribution in [0.25, 0.3) is 11.0 Å². The highest BCUT2D eigenvalue weighted by Gasteiger charge is 2.45. The molecule has 2 aromatic heterocycles. The lowest BCUT2D eigenvalue weighted by Crippen LogP contribution is -2.31. The highest BCUT2D eigenvalue weighted by atomic mass is 19.1. The van der Waals surface area contributed by atoms with E-state index >= 15 is 0 Å². The van der Waals surface area contributed by atoms with Crippen molar-refractivity contribution in [2.75, 3.05) is 4.90 Å². The van der Waals surface area contributed by atoms with Crippen LogP contribution in [-0.4, -0.2) is 10.9 Å². The van der Waals surface area contributed by atoms with Gasteiger partial charge in [-0.25, -0.2) is 13.8 Å². The lowest BCUT2D eigenvalue weighted by Gasteiger charge is -2.24. The number of hydrogen-bond acceptors (Lipinski definition) is 4. The van der Waals surface area contributed by atoms with Gasteiger partial charge in [0.25, 0.3) is 5.91 Å². The van der Waals surface area contributed by atoms with E-state index in [-0.39, 0.29) is 33.7 Å². The fraction of sp³-hybridized carbons (Fsp3) is 0.0870. The van der Waals surface area contributed by atoms with Gasteiger partial charge in [-0.15, -0.1) is 0 Å². The van der Waals surface area contributed by atoms with Crippen LogP contribution >= 0.6 is 0 Å². The molecule has 1 unspecified atom stereocenters. The molecule has 5 nitrogen and oxygen atoms in total. The van der Waals surface area contributed by atoms with Crippen molar-refractivity contribution in [2.24, 2.45) is 0 Å². The monoisotopic (exact) mass is 404 g/mol. The minimum absolute atomic E-state index is 0.0121. The molecule has 7 heteroatoms. The van der Waals surface area contributed by atoms with E-state index in [1.807, 2.05) is 0 Å². The third-order valence-electron chi connectivity index (χ3n) is 5.15. The van der Waals surface area contributed by atoms with Gasteiger partial charge in [0.1, 0.15) is 23.0 Å². The van der Waals surface area contributed by atoms with E-state index < -0.39 is 29.0 Å². The maximum absolute atomic E-state index is 14.8. The predicted octanol–water partition coefficient (Wildman–Crippen LogP) is 4.52. The van der Waals surface area contributed by atoms with E-state index in [0.29, 0.717) is 5.69 Å². The molecule has 4 aromatic rings. The summed E-state index contributed by atoms with van der Waals surface area (Å²) in [7, 11) is 0. The van der Waals surface area contributed by atoms with Crippen molar-refractivity contribution in [3.63, 3.8) is 0 Å². The molecular formula is C23H14F2N2O3. The lowest BCUT2D eigenvalue weighted by molar-refractivity contribution is 0.0970. The average molecular weight is 404 g/mol. The summed E-state index contributed by atoms with van der Waals surface area (Å²) in [5, 5.41) is -0.0121. The van der Waals surface area contributed by atoms with Crippen molar-refractivity contribution in [1.29, 1.82) is 0 Å². The molecule has 0 radical (unpaired) electrons. The van der Waals surface area contributed by atoms with Crippen molar-refractivity contribution in [3.8, 4) is 0 Å². The number of halogens is 2. The van der Waals surface area contributed by atoms with Crippen LogP contribution in [0, 0.1) is 18.6 Å². The zero-order valence-electron chi connectivity index (χ0n) is 15.7. The second kappa shape index (κ2) is 6.59. The van der Waals surface area contributed by atoms with Crippen LogP contribution in [0.4, 0.5) is 14.6 Å². The Kier molecular flexibility index (Phi) is 3.99. The van der Waals surface area contributed by atoms with Gasteiger partial charge in [0.15, 0.2) is 5.43 Å². The smallest absolute Gasteiger partial charge is 0.296 e. The summed E-state index contributed by atoms with van der Waals surface area (Å²) in [4.78, 5) is 32.3. The first kappa shape index (κ1) is 18.2. The van der Waals surface area contributed by atoms with Gasteiger partial charge in [-0.2, -0.15) is 0 Å². The van der Waals surface area contributed by atoms with Gasteiger partial charge in [0.2, 0.25) is 5.76 Å². The fourth-order valence-electron chi connectivity index (χ4n) is 3.84. The molecule has 30 heavy (non-hydrogen) atoms. The molecule has 1 aliphatic heterocycles. The van der Waals surface area contributed by atoms with Crippen LogP contribution in [0.1, 0.15) is 33.4 Å². The van der Waals surface area contributed by atoms with E-state index in [1.54, 1.807) is 31.2 Å². The Hall–Kier alpha value is -3.87. The Morgan fingerprint density at radius 2 is 1.80 bits per heavy atom. The molecule has 3 heterocycles. The molecule has 0 saturated heterocycles. The second-order valence-corrected chi connectivity index (χ2v) is 7.05. The maximum atomic E-state index is 14.8. The predicted molar refractivity (Wildman–Crippen MR) is 106 cm³/mol. The molecule has 0 aliphatic carbocycles. The number of carbonyl (C=O) groups excluding carboxylic acids is 1. The molecule has 0 saturated carbocycles. The SMILES string of the molecule is Cc1cccc(N2C(=O)c3oc4ccc(F)cc4c(=O)c3C2c2ccccc2F)n1. The van der Waals surface area contributed by atoms with E-state index in [9.17, 15) is 18.4 Å². The van der Waals surface area contributed by atoms with Gasteiger partial charge in [0, 0.05) is 11.3 Å². The Morgan fingerprint density at radius 1 is 1.00 bits per heavy atom. The average Bonchev–Trinajstić information content (AvgIpc) is 3.01. The summed E-state index contributed by atoms with van der Waals surface area (Å²) in [6, 6.07) is 13.4. The number of aromatic nitrogens is 1. The molecule has 0 spiro atoms. The van der Waals surface area contributed by atoms with E-state index in [2.05, 4.69) is 4.98 Å². The van der Waals surface area contributed by atoms with Gasteiger partial charge in [-0.05, 0) is 43.3 Å². The maximum Gasteiger partial charge on any atom is 0.296 e. The molecule has 1 aliphatic rings. The largest absolute Gasteiger partial charge is 0.450 e. The molecule has 1 amide bonds. The summed E-state index contributed by atoms with van der Waals surface area (Å²) >= 11 is 0. The van der Waals surface area contributed by atoms with Crippen LogP contribution in [0.3, 0.4) is 0 Å². The fourth-order valence-corrected chi connectivity index (χ4v) is 3.84. The number of aryl methyl sites for hydroxylation is 1. The van der Waals surface area contributed by atoms with Crippen molar-refractivity contribution >= 4 is 22.7 Å². The summed E-state index contributed by atoms with van der Waals surface area (Å²) < 4.78 is 34.3. The molecular weight excluding hydrogens is 390 g/mol. The normalized spacial score (nSPS) is 15.6. The van der Waals surface area contributed by atoms with Gasteiger partial charge >= 0.3 is 0 Å². The number of carbonyl (C=O) groups is 1. The molecule has 1 atom stereocenters. The van der Waals surface area contributed by atoms with Gasteiger partial charge in [-0.1, -0.05) is 24.3 Å². The van der Waals surface area contributed by atoms with Crippen LogP contribution in [0.15, 0.2) is 69.9 Å². The second-order valence-electron chi connectivity index (χ2n) is 7.05. The summed E-state index contributed by atoms with van der Waals surface area (Å²) in [6.07, 6.45) is 0. The third kappa shape index (κ3) is 2.62. The highest BCUT2D eigenvalue weighted by Crippen LogP contribution is 2.41. The zero-order chi connectivity index (χ0) is 21.0. The lowest BCUT2D eigenvalue weighted by atomic mass is 9.98. The minimum atomic E-state index is -1.09. The minimum Gasteiger partial charge on any atom is -0.450 e. The summed E-state index contributed by atoms with van der Waals surface area (Å²) in [5.74, 6) is -1.75. The zero-order valence-corrected chi connectivity index (χ0v) is 15.7. The number of benzene rings is 2. The van der Waals surface area contributed by atoms with Gasteiger partial charge in [-0.3, -0.25) is 14.5 Å². The molecule has 148 valence electrons. The number of anilines is 1. The topological polar surface area (TPSA) is 63.4 Å². The highest BCUT2D eigenvalue weighted by molar-refractivity contribution is 6.10. The van der Waals surface area contributed by atoms with Crippen LogP contribution in [0.2, 0.25) is 0 Å². The first-order valence-corrected chi connectivity index (χ1v) is 9.23. The molecule has 0 fully saturated rings. The quantitative estimate of drug-likeness (QED) is 0.493. The number of pyridine rings is 1. The Morgan fingerprint density at radius 3 is 2.57 bits per heavy atom. The van der Waals surface area contributed by atoms with Gasteiger partial charge < -0.3 is 4.42 Å². The van der Waals surface area contributed by atoms with Crippen molar-refractivity contribution in [1.82, 2.24) is 4.98 Å². The molecule has 0 bridgehead atoms. The number of nitrogens with zero attached hydrogens (tertiary/aromatic N) is 2. The molecule has 2 aromatic carbocycles. The third-order valence-corrected chi connectivity index (χ3v) is 5.15. The standard InChI is InChI=1S/C23H14F2N2O3/c1-12-5-4-8-18(26-12)27-20(14-6-2-3-7-16(14)25)19-21(28)15-11-13(24)9-10-17(15)30-22(19)23(27)29/h2-11,20H,1H3. The van der Waals surface area contributed by atoms with Crippen LogP contribution in [0.5, 0.6) is 0 Å². The first-order chi connectivity index (χ1) is 14.5. The number of fused-ring (bicyclic) bond motifs is 2. The first-order valence-electron chi connectivity index (χ1n) is 9.23. The number of hydrogen-bond donors (Lipinski definition) is 0. The number of amides is 1. The van der Waals surface area contributed by atoms with E-state index in [4.69, 9.17) is 4.42 Å². The Labute approximate surface area is 169 Å². The van der Waals surface area contributed by atoms with Crippen molar-refractivity contribution in [3.05, 3.63) is 105 Å².